The van der Waals surface area contributed by atoms with Crippen LogP contribution in [0.15, 0.2) is 17.6 Å². The van der Waals surface area contributed by atoms with Crippen LogP contribution in [0.3, 0.4) is 0 Å². The molecule has 0 spiro atoms. The second-order valence-corrected chi connectivity index (χ2v) is 7.56. The molecule has 7 heteroatoms. The quantitative estimate of drug-likeness (QED) is 0.714. The van der Waals surface area contributed by atoms with Crippen LogP contribution in [-0.4, -0.2) is 41.5 Å². The third kappa shape index (κ3) is 3.53. The molecule has 0 unspecified atom stereocenters. The molecular formula is C14H24N4O2S. The Bertz CT molecular complexity index is 602. The third-order valence-corrected chi connectivity index (χ3v) is 5.79. The standard InChI is InChI=1S/C14H24N4O2S/c1-5-8-18(10(2)3)21(19,20)14-11(4)16-17-13(14)9-15-12-6-7-12/h5,10,12,15H,1,6-9H2,2-4H3,(H,16,17). The van der Waals surface area contributed by atoms with Gasteiger partial charge < -0.3 is 5.32 Å². The zero-order valence-electron chi connectivity index (χ0n) is 12.9. The fraction of sp³-hybridized carbons (Fsp3) is 0.643. The van der Waals surface area contributed by atoms with Gasteiger partial charge in [-0.25, -0.2) is 8.42 Å². The second kappa shape index (κ2) is 6.29. The number of hydrogen-bond donors (Lipinski definition) is 2. The number of nitrogens with zero attached hydrogens (tertiary/aromatic N) is 2. The van der Waals surface area contributed by atoms with E-state index in [4.69, 9.17) is 0 Å². The van der Waals surface area contributed by atoms with Gasteiger partial charge in [-0.3, -0.25) is 5.10 Å². The van der Waals surface area contributed by atoms with E-state index >= 15 is 0 Å². The first-order valence-corrected chi connectivity index (χ1v) is 8.72. The highest BCUT2D eigenvalue weighted by Gasteiger charge is 2.32. The van der Waals surface area contributed by atoms with Crippen molar-refractivity contribution in [3.63, 3.8) is 0 Å². The molecule has 1 aromatic rings. The summed E-state index contributed by atoms with van der Waals surface area (Å²) in [5.74, 6) is 0. The molecular weight excluding hydrogens is 288 g/mol. The maximum atomic E-state index is 12.9. The molecule has 1 aromatic heterocycles. The van der Waals surface area contributed by atoms with Gasteiger partial charge in [-0.2, -0.15) is 9.40 Å². The van der Waals surface area contributed by atoms with Gasteiger partial charge in [0.25, 0.3) is 0 Å². The number of aryl methyl sites for hydroxylation is 1. The number of rotatable bonds is 8. The van der Waals surface area contributed by atoms with Crippen molar-refractivity contribution in [1.29, 1.82) is 0 Å². The second-order valence-electron chi connectivity index (χ2n) is 5.74. The summed E-state index contributed by atoms with van der Waals surface area (Å²) in [6.45, 7) is 9.88. The fourth-order valence-corrected chi connectivity index (χ4v) is 4.23. The molecule has 1 heterocycles. The number of nitrogens with one attached hydrogen (secondary N) is 2. The summed E-state index contributed by atoms with van der Waals surface area (Å²) >= 11 is 0. The number of H-pyrrole nitrogens is 1. The fourth-order valence-electron chi connectivity index (χ4n) is 2.29. The van der Waals surface area contributed by atoms with Crippen LogP contribution in [0, 0.1) is 6.92 Å². The lowest BCUT2D eigenvalue weighted by molar-refractivity contribution is 0.382. The van der Waals surface area contributed by atoms with Crippen molar-refractivity contribution in [3.05, 3.63) is 24.0 Å². The average Bonchev–Trinajstić information content (AvgIpc) is 3.15. The molecule has 0 aliphatic heterocycles. The van der Waals surface area contributed by atoms with E-state index in [1.165, 1.54) is 4.31 Å². The molecule has 2 N–H and O–H groups in total. The lowest BCUT2D eigenvalue weighted by Gasteiger charge is -2.24. The maximum absolute atomic E-state index is 12.9. The van der Waals surface area contributed by atoms with Crippen LogP contribution in [0.4, 0.5) is 0 Å². The number of sulfonamides is 1. The van der Waals surface area contributed by atoms with Gasteiger partial charge in [-0.05, 0) is 33.6 Å². The van der Waals surface area contributed by atoms with Crippen LogP contribution >= 0.6 is 0 Å². The minimum Gasteiger partial charge on any atom is -0.308 e. The summed E-state index contributed by atoms with van der Waals surface area (Å²) in [7, 11) is -3.58. The SMILES string of the molecule is C=CCN(C(C)C)S(=O)(=O)c1c(CNC2CC2)n[nH]c1C. The van der Waals surface area contributed by atoms with E-state index < -0.39 is 10.0 Å². The molecule has 118 valence electrons. The van der Waals surface area contributed by atoms with Crippen LogP contribution in [0.25, 0.3) is 0 Å². The van der Waals surface area contributed by atoms with Crippen molar-refractivity contribution >= 4 is 10.0 Å². The summed E-state index contributed by atoms with van der Waals surface area (Å²) in [4.78, 5) is 0.297. The largest absolute Gasteiger partial charge is 0.308 e. The van der Waals surface area contributed by atoms with Crippen molar-refractivity contribution in [3.8, 4) is 0 Å². The van der Waals surface area contributed by atoms with E-state index in [9.17, 15) is 8.42 Å². The number of aromatic nitrogens is 2. The Morgan fingerprint density at radius 2 is 2.19 bits per heavy atom. The van der Waals surface area contributed by atoms with Gasteiger partial charge in [-0.15, -0.1) is 6.58 Å². The first kappa shape index (κ1) is 16.2. The zero-order valence-corrected chi connectivity index (χ0v) is 13.7. The first-order valence-electron chi connectivity index (χ1n) is 7.28. The van der Waals surface area contributed by atoms with Crippen molar-refractivity contribution in [1.82, 2.24) is 19.8 Å². The van der Waals surface area contributed by atoms with E-state index in [2.05, 4.69) is 22.1 Å². The highest BCUT2D eigenvalue weighted by atomic mass is 32.2. The van der Waals surface area contributed by atoms with Crippen molar-refractivity contribution in [2.24, 2.45) is 0 Å². The predicted molar refractivity (Wildman–Crippen MR) is 82.4 cm³/mol. The third-order valence-electron chi connectivity index (χ3n) is 3.55. The molecule has 0 bridgehead atoms. The summed E-state index contributed by atoms with van der Waals surface area (Å²) in [5.41, 5.74) is 1.14. The number of aromatic amines is 1. The molecule has 1 fully saturated rings. The van der Waals surface area contributed by atoms with E-state index in [-0.39, 0.29) is 6.04 Å². The highest BCUT2D eigenvalue weighted by Crippen LogP contribution is 2.25. The molecule has 0 saturated heterocycles. The van der Waals surface area contributed by atoms with E-state index in [0.29, 0.717) is 35.4 Å². The molecule has 1 aliphatic rings. The Morgan fingerprint density at radius 3 is 2.71 bits per heavy atom. The lowest BCUT2D eigenvalue weighted by atomic mass is 10.3. The maximum Gasteiger partial charge on any atom is 0.247 e. The topological polar surface area (TPSA) is 78.1 Å². The van der Waals surface area contributed by atoms with Gasteiger partial charge in [0, 0.05) is 25.2 Å². The Morgan fingerprint density at radius 1 is 1.52 bits per heavy atom. The van der Waals surface area contributed by atoms with Crippen LogP contribution in [0.1, 0.15) is 38.1 Å². The van der Waals surface area contributed by atoms with Gasteiger partial charge in [0.1, 0.15) is 4.90 Å². The first-order chi connectivity index (χ1) is 9.87. The van der Waals surface area contributed by atoms with Crippen LogP contribution in [0.5, 0.6) is 0 Å². The van der Waals surface area contributed by atoms with Crippen molar-refractivity contribution in [2.75, 3.05) is 6.54 Å². The molecule has 6 nitrogen and oxygen atoms in total. The van der Waals surface area contributed by atoms with Crippen molar-refractivity contribution in [2.45, 2.75) is 57.1 Å². The Labute approximate surface area is 126 Å². The van der Waals surface area contributed by atoms with Crippen LogP contribution in [-0.2, 0) is 16.6 Å². The van der Waals surface area contributed by atoms with Gasteiger partial charge in [0.15, 0.2) is 0 Å². The molecule has 21 heavy (non-hydrogen) atoms. The smallest absolute Gasteiger partial charge is 0.247 e. The van der Waals surface area contributed by atoms with Crippen LogP contribution in [0.2, 0.25) is 0 Å². The molecule has 1 aliphatic carbocycles. The summed E-state index contributed by atoms with van der Waals surface area (Å²) in [6.07, 6.45) is 3.91. The molecule has 0 radical (unpaired) electrons. The van der Waals surface area contributed by atoms with Crippen LogP contribution < -0.4 is 5.32 Å². The predicted octanol–water partition coefficient (Wildman–Crippen LogP) is 1.56. The van der Waals surface area contributed by atoms with Gasteiger partial charge in [0.2, 0.25) is 10.0 Å². The zero-order chi connectivity index (χ0) is 15.6. The highest BCUT2D eigenvalue weighted by molar-refractivity contribution is 7.89. The summed E-state index contributed by atoms with van der Waals surface area (Å²) in [6, 6.07) is 0.374. The molecule has 1 saturated carbocycles. The minimum absolute atomic E-state index is 0.133. The Balaban J connectivity index is 2.32. The van der Waals surface area contributed by atoms with E-state index in [1.807, 2.05) is 13.8 Å². The van der Waals surface area contributed by atoms with Crippen molar-refractivity contribution < 1.29 is 8.42 Å². The lowest BCUT2D eigenvalue weighted by Crippen LogP contribution is -2.37. The molecule has 0 aromatic carbocycles. The van der Waals surface area contributed by atoms with E-state index in [1.54, 1.807) is 13.0 Å². The van der Waals surface area contributed by atoms with Gasteiger partial charge in [0.05, 0.1) is 11.4 Å². The molecule has 2 rings (SSSR count). The summed E-state index contributed by atoms with van der Waals surface area (Å²) < 4.78 is 27.3. The Kier molecular flexibility index (Phi) is 4.85. The normalized spacial score (nSPS) is 15.9. The monoisotopic (exact) mass is 312 g/mol. The number of hydrogen-bond acceptors (Lipinski definition) is 4. The Hall–Kier alpha value is -1.18. The minimum atomic E-state index is -3.58. The van der Waals surface area contributed by atoms with Gasteiger partial charge in [-0.1, -0.05) is 6.08 Å². The summed E-state index contributed by atoms with van der Waals surface area (Å²) in [5, 5.41) is 10.3. The molecule has 0 amide bonds. The van der Waals surface area contributed by atoms with Gasteiger partial charge >= 0.3 is 0 Å². The van der Waals surface area contributed by atoms with E-state index in [0.717, 1.165) is 12.8 Å². The average molecular weight is 312 g/mol. The molecule has 0 atom stereocenters.